The summed E-state index contributed by atoms with van der Waals surface area (Å²) in [4.78, 5) is 16.1. The zero-order chi connectivity index (χ0) is 63.2. The van der Waals surface area contributed by atoms with Gasteiger partial charge in [0.15, 0.2) is 5.88 Å². The minimum absolute atomic E-state index is 0.225. The summed E-state index contributed by atoms with van der Waals surface area (Å²) in [5.41, 5.74) is 26.4. The Bertz CT molecular complexity index is 4970. The van der Waals surface area contributed by atoms with Crippen LogP contribution in [0.2, 0.25) is 0 Å². The zero-order valence-electron chi connectivity index (χ0n) is 52.1. The van der Waals surface area contributed by atoms with Crippen LogP contribution in [0.3, 0.4) is 0 Å². The minimum Gasteiger partial charge on any atom is -0.440 e. The summed E-state index contributed by atoms with van der Waals surface area (Å²) >= 11 is 1.87. The maximum atomic E-state index is 7.53. The first-order chi connectivity index (χ1) is 47.7. The normalized spacial score (nSPS) is 12.9. The third-order valence-electron chi connectivity index (χ3n) is 19.3. The number of fused-ring (bicyclic) bond motifs is 8. The number of thiophene rings is 1. The lowest BCUT2D eigenvalue weighted by atomic mass is 9.31. The van der Waals surface area contributed by atoms with E-state index in [9.17, 15) is 0 Å². The summed E-state index contributed by atoms with van der Waals surface area (Å²) < 4.78 is 7.53. The first-order valence-corrected chi connectivity index (χ1v) is 33.6. The monoisotopic (exact) mass is 1240 g/mol. The summed E-state index contributed by atoms with van der Waals surface area (Å²) in [6.45, 7) is -0.534. The Balaban J connectivity index is 0.952. The van der Waals surface area contributed by atoms with Gasteiger partial charge in [-0.3, -0.25) is 4.90 Å². The molecule has 0 saturated carbocycles. The van der Waals surface area contributed by atoms with Gasteiger partial charge in [0.25, 0.3) is 13.4 Å². The second-order valence-electron chi connectivity index (χ2n) is 24.8. The van der Waals surface area contributed by atoms with Crippen LogP contribution >= 0.6 is 11.3 Å². The van der Waals surface area contributed by atoms with E-state index >= 15 is 0 Å². The zero-order valence-corrected chi connectivity index (χ0v) is 53.0. The summed E-state index contributed by atoms with van der Waals surface area (Å²) in [6, 6.07) is 128. The van der Waals surface area contributed by atoms with Crippen LogP contribution in [-0.2, 0) is 0 Å². The third-order valence-corrected chi connectivity index (χ3v) is 20.5. The van der Waals surface area contributed by atoms with Crippen molar-refractivity contribution in [2.75, 3.05) is 29.4 Å². The molecule has 7 nitrogen and oxygen atoms in total. The highest BCUT2D eigenvalue weighted by molar-refractivity contribution is 7.23. The summed E-state index contributed by atoms with van der Waals surface area (Å²) in [5, 5.41) is 1.19. The fourth-order valence-corrected chi connectivity index (χ4v) is 16.6. The molecule has 4 aliphatic rings. The molecule has 0 atom stereocenters. The molecule has 0 aliphatic carbocycles. The highest BCUT2D eigenvalue weighted by Gasteiger charge is 2.50. The van der Waals surface area contributed by atoms with Crippen molar-refractivity contribution in [3.05, 3.63) is 352 Å². The van der Waals surface area contributed by atoms with Crippen molar-refractivity contribution in [2.45, 2.75) is 0 Å². The third kappa shape index (κ3) is 8.98. The van der Waals surface area contributed by atoms with Gasteiger partial charge in [0.2, 0.25) is 0 Å². The van der Waals surface area contributed by atoms with Gasteiger partial charge in [0, 0.05) is 90.1 Å². The second-order valence-corrected chi connectivity index (χ2v) is 25.8. The Morgan fingerprint density at radius 2 is 0.583 bits per heavy atom. The predicted octanol–water partition coefficient (Wildman–Crippen LogP) is 19.8. The van der Waals surface area contributed by atoms with Crippen LogP contribution in [0.4, 0.5) is 102 Å². The van der Waals surface area contributed by atoms with Crippen LogP contribution in [0, 0.1) is 0 Å². The smallest absolute Gasteiger partial charge is 0.256 e. The Labute approximate surface area is 563 Å². The Kier molecular flexibility index (Phi) is 13.2. The van der Waals surface area contributed by atoms with Gasteiger partial charge < -0.3 is 28.9 Å². The molecule has 0 unspecified atom stereocenters. The molecule has 0 amide bonds. The Hall–Kier alpha value is -12.2. The van der Waals surface area contributed by atoms with Gasteiger partial charge in [-0.2, -0.15) is 0 Å². The van der Waals surface area contributed by atoms with E-state index in [-0.39, 0.29) is 13.4 Å². The first kappa shape index (κ1) is 55.4. The molecule has 15 aromatic rings. The number of furan rings is 1. The van der Waals surface area contributed by atoms with E-state index in [1.165, 1.54) is 42.8 Å². The molecule has 13 aromatic carbocycles. The van der Waals surface area contributed by atoms with E-state index < -0.39 is 0 Å². The van der Waals surface area contributed by atoms with Crippen molar-refractivity contribution in [1.29, 1.82) is 0 Å². The molecule has 0 spiro atoms. The summed E-state index contributed by atoms with van der Waals surface area (Å²) in [7, 11) is 0. The number of rotatable bonds is 12. The van der Waals surface area contributed by atoms with E-state index in [1.54, 1.807) is 0 Å². The summed E-state index contributed by atoms with van der Waals surface area (Å²) in [6.07, 6.45) is 0. The molecule has 0 bridgehead atoms. The highest BCUT2D eigenvalue weighted by atomic mass is 32.1. The molecule has 0 N–H and O–H groups in total. The lowest BCUT2D eigenvalue weighted by molar-refractivity contribution is 0.590. The molecular weight excluding hydrogens is 1190 g/mol. The average molecular weight is 1250 g/mol. The number of hydrogen-bond acceptors (Lipinski definition) is 8. The lowest BCUT2D eigenvalue weighted by Gasteiger charge is -2.46. The molecule has 0 saturated heterocycles. The van der Waals surface area contributed by atoms with Gasteiger partial charge in [-0.1, -0.05) is 206 Å². The second kappa shape index (κ2) is 22.8. The largest absolute Gasteiger partial charge is 0.440 e. The fraction of sp³-hybridized carbons (Fsp3) is 0. The maximum Gasteiger partial charge on any atom is 0.256 e. The molecule has 0 fully saturated rings. The van der Waals surface area contributed by atoms with Gasteiger partial charge in [-0.15, -0.1) is 11.3 Å². The number of anilines is 18. The van der Waals surface area contributed by atoms with Crippen LogP contribution in [0.1, 0.15) is 0 Å². The molecule has 6 heterocycles. The highest BCUT2D eigenvalue weighted by Crippen LogP contribution is 2.54. The average Bonchev–Trinajstić information content (AvgIpc) is 1.07. The van der Waals surface area contributed by atoms with Crippen LogP contribution in [0.15, 0.2) is 356 Å². The van der Waals surface area contributed by atoms with E-state index in [0.717, 1.165) is 114 Å². The van der Waals surface area contributed by atoms with Gasteiger partial charge in [-0.25, -0.2) is 0 Å². The fourth-order valence-electron chi connectivity index (χ4n) is 15.3. The Morgan fingerprint density at radius 3 is 0.990 bits per heavy atom. The first-order valence-electron chi connectivity index (χ1n) is 32.8. The van der Waals surface area contributed by atoms with Gasteiger partial charge >= 0.3 is 0 Å². The molecule has 4 aliphatic heterocycles. The van der Waals surface area contributed by atoms with Gasteiger partial charge in [0.05, 0.1) is 16.4 Å². The quantitative estimate of drug-likeness (QED) is 0.113. The van der Waals surface area contributed by atoms with E-state index in [0.29, 0.717) is 0 Å². The molecule has 0 radical (unpaired) electrons. The number of hydrogen-bond donors (Lipinski definition) is 0. The van der Waals surface area contributed by atoms with Crippen LogP contribution in [0.5, 0.6) is 0 Å². The number of benzene rings is 13. The molecule has 10 heteroatoms. The standard InChI is InChI=1S/C86H58B2N6OS/c1-11-31-59(32-12-1)81-57-73-85(95-81)93(67-47-27-9-28-48-67)79-53-69(89(61-35-15-3-16-36-61)62-37-17-4-18-38-62)51-77-83(79)87(73)71-55-76-72(56-75(71)91(77)65-43-23-7-24-44-65)88-74-58-82(60-33-13-2-14-34-60)96-86(74)94(68-49-29-10-30-50-68)80-54-70(52-78(84(80)88)92(76)66-45-25-8-26-46-66)90(63-39-19-5-20-40-63)64-41-21-6-22-42-64/h1-58H. The molecule has 450 valence electrons. The topological polar surface area (TPSA) is 32.6 Å². The minimum atomic E-state index is -0.309. The van der Waals surface area contributed by atoms with Crippen LogP contribution in [-0.4, -0.2) is 13.4 Å². The number of para-hydroxylation sites is 8. The summed E-state index contributed by atoms with van der Waals surface area (Å²) in [5.74, 6) is 1.59. The van der Waals surface area contributed by atoms with Crippen molar-refractivity contribution in [1.82, 2.24) is 0 Å². The van der Waals surface area contributed by atoms with E-state index in [2.05, 4.69) is 381 Å². The van der Waals surface area contributed by atoms with E-state index in [1.807, 2.05) is 11.3 Å². The van der Waals surface area contributed by atoms with Gasteiger partial charge in [0.1, 0.15) is 5.76 Å². The number of nitrogens with zero attached hydrogens (tertiary/aromatic N) is 6. The van der Waals surface area contributed by atoms with Crippen molar-refractivity contribution in [3.8, 4) is 21.8 Å². The van der Waals surface area contributed by atoms with Crippen molar-refractivity contribution in [2.24, 2.45) is 0 Å². The molecule has 2 aromatic heterocycles. The molecule has 19 rings (SSSR count). The van der Waals surface area contributed by atoms with Crippen molar-refractivity contribution in [3.63, 3.8) is 0 Å². The maximum absolute atomic E-state index is 7.53. The van der Waals surface area contributed by atoms with E-state index in [4.69, 9.17) is 4.42 Å². The van der Waals surface area contributed by atoms with Crippen LogP contribution < -0.4 is 62.2 Å². The molecular formula is C86H58B2N6OS. The lowest BCUT2D eigenvalue weighted by Crippen LogP contribution is -2.64. The predicted molar refractivity (Wildman–Crippen MR) is 405 cm³/mol. The van der Waals surface area contributed by atoms with Crippen molar-refractivity contribution >= 4 is 159 Å². The van der Waals surface area contributed by atoms with Gasteiger partial charge in [-0.05, 0) is 184 Å². The Morgan fingerprint density at radius 1 is 0.260 bits per heavy atom. The van der Waals surface area contributed by atoms with Crippen LogP contribution in [0.25, 0.3) is 21.8 Å². The molecule has 96 heavy (non-hydrogen) atoms. The SMILES string of the molecule is c1ccc(-c2cc3c(o2)N(c2ccccc2)c2cc(N(c4ccccc4)c4ccccc4)cc4c2B3c2cc3c(cc2N4c2ccccc2)B2c4cc(-c5ccccc5)sc4N(c4ccccc4)c4cc(N(c5ccccc5)c5ccccc5)cc(c42)N3c2ccccc2)cc1. The van der Waals surface area contributed by atoms with Crippen molar-refractivity contribution < 1.29 is 4.42 Å².